The zero-order valence-electron chi connectivity index (χ0n) is 13.7. The molecular weight excluding hydrogens is 292 g/mol. The van der Waals surface area contributed by atoms with Crippen LogP contribution in [0.2, 0.25) is 0 Å². The number of benzene rings is 1. The minimum Gasteiger partial charge on any atom is -0.463 e. The first-order chi connectivity index (χ1) is 11.1. The number of hydrogen-bond donors (Lipinski definition) is 1. The Morgan fingerprint density at radius 2 is 2.09 bits per heavy atom. The van der Waals surface area contributed by atoms with Gasteiger partial charge in [0.05, 0.1) is 6.61 Å². The Hall–Kier alpha value is -2.30. The van der Waals surface area contributed by atoms with Gasteiger partial charge in [-0.15, -0.1) is 0 Å². The zero-order chi connectivity index (χ0) is 16.7. The van der Waals surface area contributed by atoms with Crippen molar-refractivity contribution in [1.29, 1.82) is 0 Å². The molecule has 1 N–H and O–H groups in total. The minimum absolute atomic E-state index is 0.0497. The van der Waals surface area contributed by atoms with E-state index in [-0.39, 0.29) is 12.0 Å². The van der Waals surface area contributed by atoms with Gasteiger partial charge < -0.3 is 15.0 Å². The molecule has 1 atom stereocenters. The lowest BCUT2D eigenvalue weighted by Gasteiger charge is -2.30. The molecule has 1 aliphatic rings. The van der Waals surface area contributed by atoms with Crippen LogP contribution in [0.3, 0.4) is 0 Å². The number of likely N-dealkylation sites (tertiary alicyclic amines) is 1. The Labute approximate surface area is 137 Å². The average Bonchev–Trinajstić information content (AvgIpc) is 2.54. The third kappa shape index (κ3) is 5.43. The highest BCUT2D eigenvalue weighted by atomic mass is 16.5. The number of esters is 1. The van der Waals surface area contributed by atoms with Crippen molar-refractivity contribution in [3.05, 3.63) is 35.9 Å². The van der Waals surface area contributed by atoms with E-state index in [9.17, 15) is 9.59 Å². The molecule has 0 aromatic heterocycles. The lowest BCUT2D eigenvalue weighted by atomic mass is 10.0. The predicted octanol–water partition coefficient (Wildman–Crippen LogP) is 3.53. The van der Waals surface area contributed by atoms with Crippen LogP contribution in [0, 0.1) is 5.92 Å². The number of carbonyl (C=O) groups is 2. The number of carbonyl (C=O) groups excluding carboxylic acids is 2. The molecule has 1 saturated heterocycles. The highest BCUT2D eigenvalue weighted by Gasteiger charge is 2.20. The van der Waals surface area contributed by atoms with Crippen LogP contribution in [0.4, 0.5) is 10.5 Å². The molecule has 0 bridgehead atoms. The van der Waals surface area contributed by atoms with E-state index >= 15 is 0 Å². The monoisotopic (exact) mass is 316 g/mol. The van der Waals surface area contributed by atoms with Crippen LogP contribution in [-0.2, 0) is 9.53 Å². The maximum atomic E-state index is 12.2. The molecule has 2 amide bonds. The molecular formula is C18H24N2O3. The van der Waals surface area contributed by atoms with Gasteiger partial charge in [-0.1, -0.05) is 19.1 Å². The number of ether oxygens (including phenoxy) is 1. The van der Waals surface area contributed by atoms with Gasteiger partial charge in [0, 0.05) is 24.9 Å². The second-order valence-corrected chi connectivity index (χ2v) is 5.83. The number of hydrogen-bond acceptors (Lipinski definition) is 3. The van der Waals surface area contributed by atoms with Gasteiger partial charge >= 0.3 is 12.0 Å². The molecule has 1 fully saturated rings. The van der Waals surface area contributed by atoms with Gasteiger partial charge in [0.2, 0.25) is 0 Å². The fourth-order valence-electron chi connectivity index (χ4n) is 2.61. The van der Waals surface area contributed by atoms with Gasteiger partial charge in [-0.05, 0) is 49.5 Å². The normalized spacial score (nSPS) is 18.0. The lowest BCUT2D eigenvalue weighted by Crippen LogP contribution is -2.41. The van der Waals surface area contributed by atoms with Crippen LogP contribution >= 0.6 is 0 Å². The molecule has 124 valence electrons. The fraction of sp³-hybridized carbons (Fsp3) is 0.444. The van der Waals surface area contributed by atoms with Crippen molar-refractivity contribution in [3.8, 4) is 0 Å². The van der Waals surface area contributed by atoms with Crippen molar-refractivity contribution in [1.82, 2.24) is 4.90 Å². The molecule has 1 unspecified atom stereocenters. The van der Waals surface area contributed by atoms with E-state index in [1.165, 1.54) is 12.5 Å². The summed E-state index contributed by atoms with van der Waals surface area (Å²) in [6, 6.07) is 7.31. The third-order valence-corrected chi connectivity index (χ3v) is 3.80. The van der Waals surface area contributed by atoms with E-state index in [0.717, 1.165) is 30.8 Å². The highest BCUT2D eigenvalue weighted by molar-refractivity contribution is 5.90. The summed E-state index contributed by atoms with van der Waals surface area (Å²) in [5.41, 5.74) is 1.63. The van der Waals surface area contributed by atoms with Gasteiger partial charge in [0.1, 0.15) is 0 Å². The van der Waals surface area contributed by atoms with Crippen molar-refractivity contribution in [2.24, 2.45) is 5.92 Å². The van der Waals surface area contributed by atoms with Gasteiger partial charge in [-0.3, -0.25) is 0 Å². The van der Waals surface area contributed by atoms with Crippen molar-refractivity contribution in [2.45, 2.75) is 26.7 Å². The maximum absolute atomic E-state index is 12.2. The molecule has 0 radical (unpaired) electrons. The topological polar surface area (TPSA) is 58.6 Å². The van der Waals surface area contributed by atoms with Crippen molar-refractivity contribution < 1.29 is 14.3 Å². The first-order valence-corrected chi connectivity index (χ1v) is 8.09. The molecule has 0 saturated carbocycles. The van der Waals surface area contributed by atoms with Crippen molar-refractivity contribution >= 4 is 23.8 Å². The Morgan fingerprint density at radius 1 is 1.35 bits per heavy atom. The van der Waals surface area contributed by atoms with Gasteiger partial charge in [-0.25, -0.2) is 9.59 Å². The number of amides is 2. The first-order valence-electron chi connectivity index (χ1n) is 8.09. The summed E-state index contributed by atoms with van der Waals surface area (Å²) in [6.07, 6.45) is 5.33. The zero-order valence-corrected chi connectivity index (χ0v) is 13.7. The summed E-state index contributed by atoms with van der Waals surface area (Å²) in [6.45, 7) is 5.93. The molecule has 1 heterocycles. The fourth-order valence-corrected chi connectivity index (χ4v) is 2.61. The lowest BCUT2D eigenvalue weighted by molar-refractivity contribution is -0.137. The van der Waals surface area contributed by atoms with Crippen molar-refractivity contribution in [2.75, 3.05) is 25.0 Å². The second-order valence-electron chi connectivity index (χ2n) is 5.83. The number of rotatable bonds is 4. The van der Waals surface area contributed by atoms with E-state index < -0.39 is 0 Å². The summed E-state index contributed by atoms with van der Waals surface area (Å²) in [5.74, 6) is 0.203. The Morgan fingerprint density at radius 3 is 2.74 bits per heavy atom. The van der Waals surface area contributed by atoms with E-state index in [1.54, 1.807) is 13.0 Å². The number of urea groups is 1. The van der Waals surface area contributed by atoms with Gasteiger partial charge in [0.15, 0.2) is 0 Å². The highest BCUT2D eigenvalue weighted by Crippen LogP contribution is 2.17. The molecule has 2 rings (SSSR count). The number of piperidine rings is 1. The van der Waals surface area contributed by atoms with E-state index in [0.29, 0.717) is 12.5 Å². The molecule has 1 aliphatic heterocycles. The summed E-state index contributed by atoms with van der Waals surface area (Å²) in [5, 5.41) is 2.92. The molecule has 5 heteroatoms. The summed E-state index contributed by atoms with van der Waals surface area (Å²) < 4.78 is 4.83. The van der Waals surface area contributed by atoms with Gasteiger partial charge in [-0.2, -0.15) is 0 Å². The Kier molecular flexibility index (Phi) is 6.20. The van der Waals surface area contributed by atoms with E-state index in [4.69, 9.17) is 4.74 Å². The Balaban J connectivity index is 1.89. The molecule has 0 aliphatic carbocycles. The van der Waals surface area contributed by atoms with Crippen LogP contribution in [0.25, 0.3) is 6.08 Å². The first kappa shape index (κ1) is 17.1. The van der Waals surface area contributed by atoms with E-state index in [2.05, 4.69) is 12.2 Å². The number of nitrogens with zero attached hydrogens (tertiary/aromatic N) is 1. The molecule has 1 aromatic rings. The molecule has 5 nitrogen and oxygen atoms in total. The maximum Gasteiger partial charge on any atom is 0.330 e. The van der Waals surface area contributed by atoms with Crippen LogP contribution in [0.15, 0.2) is 30.3 Å². The summed E-state index contributed by atoms with van der Waals surface area (Å²) in [7, 11) is 0. The largest absolute Gasteiger partial charge is 0.463 e. The van der Waals surface area contributed by atoms with E-state index in [1.807, 2.05) is 29.2 Å². The Bertz CT molecular complexity index is 566. The molecule has 23 heavy (non-hydrogen) atoms. The number of nitrogens with one attached hydrogen (secondary N) is 1. The summed E-state index contributed by atoms with van der Waals surface area (Å²) >= 11 is 0. The third-order valence-electron chi connectivity index (χ3n) is 3.80. The number of anilines is 1. The standard InChI is InChI=1S/C18H24N2O3/c1-3-23-17(21)11-8-15-6-9-16(10-7-15)19-18(22)20-12-4-5-14(2)13-20/h6-11,14H,3-5,12-13H2,1-2H3,(H,19,22). The van der Waals surface area contributed by atoms with Crippen LogP contribution in [0.5, 0.6) is 0 Å². The van der Waals surface area contributed by atoms with Crippen LogP contribution in [-0.4, -0.2) is 36.6 Å². The second kappa shape index (κ2) is 8.36. The van der Waals surface area contributed by atoms with Crippen LogP contribution < -0.4 is 5.32 Å². The quantitative estimate of drug-likeness (QED) is 0.683. The molecule has 1 aromatic carbocycles. The van der Waals surface area contributed by atoms with Gasteiger partial charge in [0.25, 0.3) is 0 Å². The predicted molar refractivity (Wildman–Crippen MR) is 91.1 cm³/mol. The SMILES string of the molecule is CCOC(=O)C=Cc1ccc(NC(=O)N2CCCC(C)C2)cc1. The minimum atomic E-state index is -0.357. The average molecular weight is 316 g/mol. The summed E-state index contributed by atoms with van der Waals surface area (Å²) in [4.78, 5) is 25.3. The molecule has 0 spiro atoms. The van der Waals surface area contributed by atoms with Crippen LogP contribution in [0.1, 0.15) is 32.3 Å². The van der Waals surface area contributed by atoms with Crippen molar-refractivity contribution in [3.63, 3.8) is 0 Å². The smallest absolute Gasteiger partial charge is 0.330 e.